The summed E-state index contributed by atoms with van der Waals surface area (Å²) in [5.74, 6) is -3.80. The average molecular weight is 759 g/mol. The van der Waals surface area contributed by atoms with Gasteiger partial charge in [-0.15, -0.1) is 0 Å². The normalized spacial score (nSPS) is 42.8. The number of carbonyl (C=O) groups excluding carboxylic acids is 3. The number of carbonyl (C=O) groups is 3. The second-order valence-corrected chi connectivity index (χ2v) is 17.4. The van der Waals surface area contributed by atoms with E-state index >= 15 is 0 Å². The van der Waals surface area contributed by atoms with E-state index in [1.807, 2.05) is 92.7 Å². The highest BCUT2D eigenvalue weighted by molar-refractivity contribution is 5.85. The first-order valence-corrected chi connectivity index (χ1v) is 20.0. The minimum absolute atomic E-state index is 0.0342. The second kappa shape index (κ2) is 17.4. The van der Waals surface area contributed by atoms with Gasteiger partial charge >= 0.3 is 11.9 Å². The molecule has 0 amide bonds. The van der Waals surface area contributed by atoms with Crippen LogP contribution in [0.1, 0.15) is 86.6 Å². The molecule has 0 aromatic heterocycles. The number of nitrogens with zero attached hydrogens (tertiary/aromatic N) is 2. The van der Waals surface area contributed by atoms with Crippen molar-refractivity contribution in [3.8, 4) is 0 Å². The number of aliphatic hydroxyl groups is 1. The Morgan fingerprint density at radius 2 is 1.65 bits per heavy atom. The molecule has 1 N–H and O–H groups in total. The van der Waals surface area contributed by atoms with E-state index in [4.69, 9.17) is 28.4 Å². The molecule has 54 heavy (non-hydrogen) atoms. The summed E-state index contributed by atoms with van der Waals surface area (Å²) < 4.78 is 39.5. The highest BCUT2D eigenvalue weighted by atomic mass is 16.7. The molecule has 1 aromatic carbocycles. The molecule has 1 aromatic rings. The lowest BCUT2D eigenvalue weighted by Gasteiger charge is -2.48. The molecule has 0 saturated carbocycles. The number of benzene rings is 1. The smallest absolute Gasteiger partial charge is 0.311 e. The lowest BCUT2D eigenvalue weighted by molar-refractivity contribution is -0.303. The Hall–Kier alpha value is -2.45. The molecule has 0 aliphatic carbocycles. The quantitative estimate of drug-likeness (QED) is 0.389. The number of fused-ring (bicyclic) bond motifs is 4. The number of hydrogen-bond acceptors (Lipinski definition) is 12. The molecule has 4 fully saturated rings. The number of likely N-dealkylation sites (N-methyl/N-ethyl adjacent to an activating group) is 2. The fourth-order valence-electron chi connectivity index (χ4n) is 9.68. The zero-order chi connectivity index (χ0) is 39.7. The molecular weight excluding hydrogens is 692 g/mol. The van der Waals surface area contributed by atoms with Gasteiger partial charge in [-0.05, 0) is 73.7 Å². The van der Waals surface area contributed by atoms with Crippen LogP contribution in [-0.2, 0) is 49.3 Å². The first kappa shape index (κ1) is 42.7. The predicted octanol–water partition coefficient (Wildman–Crippen LogP) is 4.63. The molecule has 2 bridgehead atoms. The average Bonchev–Trinajstić information content (AvgIpc) is 3.46. The van der Waals surface area contributed by atoms with E-state index in [9.17, 15) is 19.5 Å². The Labute approximate surface area is 322 Å². The number of aliphatic hydroxyl groups excluding tert-OH is 1. The molecule has 5 rings (SSSR count). The Bertz CT molecular complexity index is 1450. The maximum atomic E-state index is 14.5. The van der Waals surface area contributed by atoms with E-state index < -0.39 is 83.4 Å². The molecule has 4 heterocycles. The fourth-order valence-corrected chi connectivity index (χ4v) is 9.68. The van der Waals surface area contributed by atoms with Crippen LogP contribution in [0.25, 0.3) is 0 Å². The third kappa shape index (κ3) is 8.90. The van der Waals surface area contributed by atoms with Crippen LogP contribution in [0.4, 0.5) is 0 Å². The summed E-state index contributed by atoms with van der Waals surface area (Å²) in [6.07, 6.45) is -3.12. The molecule has 4 saturated heterocycles. The molecule has 4 aliphatic heterocycles. The molecule has 0 spiro atoms. The maximum Gasteiger partial charge on any atom is 0.311 e. The Morgan fingerprint density at radius 1 is 0.963 bits per heavy atom. The van der Waals surface area contributed by atoms with E-state index in [-0.39, 0.29) is 50.0 Å². The zero-order valence-electron chi connectivity index (χ0n) is 34.4. The number of ether oxygens (including phenoxy) is 6. The van der Waals surface area contributed by atoms with Crippen LogP contribution < -0.4 is 0 Å². The van der Waals surface area contributed by atoms with E-state index in [1.165, 1.54) is 0 Å². The SMILES string of the molecule is CC[C@H]1OC(=O)[C@H](C)[C@H]2OCC(N(C)Cc3ccccc3)CO[C@](C)(C[C@@H](C)C(=O)[C@H](C)[C@@H]3CC(=O)O[C@]13C)[C@H](O[C@@H]1O[C@H](C)C[C@H](N(C)C)[C@H]1O)[C@H]2C. The van der Waals surface area contributed by atoms with Crippen molar-refractivity contribution in [2.45, 2.75) is 148 Å². The largest absolute Gasteiger partial charge is 0.458 e. The Kier molecular flexibility index (Phi) is 13.7. The topological polar surface area (TPSA) is 133 Å². The van der Waals surface area contributed by atoms with Crippen LogP contribution in [0.2, 0.25) is 0 Å². The van der Waals surface area contributed by atoms with Gasteiger partial charge in [0, 0.05) is 36.3 Å². The van der Waals surface area contributed by atoms with Gasteiger partial charge < -0.3 is 38.4 Å². The molecule has 304 valence electrons. The van der Waals surface area contributed by atoms with Crippen molar-refractivity contribution < 1.29 is 47.9 Å². The minimum Gasteiger partial charge on any atom is -0.458 e. The van der Waals surface area contributed by atoms with Crippen LogP contribution in [-0.4, -0.2) is 127 Å². The van der Waals surface area contributed by atoms with E-state index in [0.717, 1.165) is 5.56 Å². The third-order valence-corrected chi connectivity index (χ3v) is 13.0. The lowest BCUT2D eigenvalue weighted by atomic mass is 9.70. The van der Waals surface area contributed by atoms with Crippen LogP contribution >= 0.6 is 0 Å². The number of Topliss-reactive ketones (excluding diaryl/α,β-unsaturated/α-hetero) is 1. The van der Waals surface area contributed by atoms with Crippen molar-refractivity contribution in [2.24, 2.45) is 29.6 Å². The monoisotopic (exact) mass is 758 g/mol. The molecule has 0 radical (unpaired) electrons. The summed E-state index contributed by atoms with van der Waals surface area (Å²) in [7, 11) is 5.89. The summed E-state index contributed by atoms with van der Waals surface area (Å²) in [4.78, 5) is 46.0. The number of cyclic esters (lactones) is 1. The third-order valence-electron chi connectivity index (χ3n) is 13.0. The molecule has 12 nitrogen and oxygen atoms in total. The highest BCUT2D eigenvalue weighted by Crippen LogP contribution is 2.46. The first-order valence-electron chi connectivity index (χ1n) is 20.0. The molecule has 4 aliphatic rings. The van der Waals surface area contributed by atoms with Crippen LogP contribution in [0.15, 0.2) is 30.3 Å². The van der Waals surface area contributed by atoms with Crippen molar-refractivity contribution in [1.29, 1.82) is 0 Å². The molecular formula is C42H66N2O10. The first-order chi connectivity index (χ1) is 25.4. The van der Waals surface area contributed by atoms with Gasteiger partial charge in [-0.25, -0.2) is 0 Å². The molecule has 1 unspecified atom stereocenters. The number of esters is 2. The van der Waals surface area contributed by atoms with E-state index in [0.29, 0.717) is 19.4 Å². The van der Waals surface area contributed by atoms with Gasteiger partial charge in [0.2, 0.25) is 0 Å². The summed E-state index contributed by atoms with van der Waals surface area (Å²) in [5.41, 5.74) is -1.16. The summed E-state index contributed by atoms with van der Waals surface area (Å²) >= 11 is 0. The van der Waals surface area contributed by atoms with Crippen molar-refractivity contribution in [3.63, 3.8) is 0 Å². The predicted molar refractivity (Wildman–Crippen MR) is 202 cm³/mol. The van der Waals surface area contributed by atoms with Gasteiger partial charge in [0.25, 0.3) is 0 Å². The van der Waals surface area contributed by atoms with Crippen LogP contribution in [0.3, 0.4) is 0 Å². The van der Waals surface area contributed by atoms with Gasteiger partial charge in [0.15, 0.2) is 6.29 Å². The number of hydrogen-bond donors (Lipinski definition) is 1. The fraction of sp³-hybridized carbons (Fsp3) is 0.786. The summed E-state index contributed by atoms with van der Waals surface area (Å²) in [6, 6.07) is 9.73. The van der Waals surface area contributed by atoms with Crippen molar-refractivity contribution in [1.82, 2.24) is 9.80 Å². The highest BCUT2D eigenvalue weighted by Gasteiger charge is 2.57. The minimum atomic E-state index is -1.18. The van der Waals surface area contributed by atoms with Gasteiger partial charge in [-0.3, -0.25) is 19.3 Å². The summed E-state index contributed by atoms with van der Waals surface area (Å²) in [5, 5.41) is 11.7. The maximum absolute atomic E-state index is 14.5. The van der Waals surface area contributed by atoms with Crippen LogP contribution in [0, 0.1) is 29.6 Å². The van der Waals surface area contributed by atoms with Gasteiger partial charge in [-0.2, -0.15) is 0 Å². The zero-order valence-corrected chi connectivity index (χ0v) is 34.4. The number of ketones is 1. The molecule has 15 atom stereocenters. The lowest BCUT2D eigenvalue weighted by Crippen LogP contribution is -2.60. The Morgan fingerprint density at radius 3 is 2.30 bits per heavy atom. The van der Waals surface area contributed by atoms with E-state index in [1.54, 1.807) is 6.92 Å². The second-order valence-electron chi connectivity index (χ2n) is 17.4. The van der Waals surface area contributed by atoms with Crippen LogP contribution in [0.5, 0.6) is 0 Å². The summed E-state index contributed by atoms with van der Waals surface area (Å²) in [6.45, 7) is 16.3. The van der Waals surface area contributed by atoms with Crippen molar-refractivity contribution in [2.75, 3.05) is 34.4 Å². The van der Waals surface area contributed by atoms with Crippen molar-refractivity contribution >= 4 is 17.7 Å². The molecule has 12 heteroatoms. The Balaban J connectivity index is 1.61. The number of rotatable bonds is 7. The van der Waals surface area contributed by atoms with Gasteiger partial charge in [-0.1, -0.05) is 58.0 Å². The van der Waals surface area contributed by atoms with E-state index in [2.05, 4.69) is 17.0 Å². The van der Waals surface area contributed by atoms with Gasteiger partial charge in [0.1, 0.15) is 23.6 Å². The van der Waals surface area contributed by atoms with Crippen molar-refractivity contribution in [3.05, 3.63) is 35.9 Å². The van der Waals surface area contributed by atoms with Gasteiger partial charge in [0.05, 0.1) is 55.5 Å². The standard InChI is InChI=1S/C42H66N2O10/c1-12-33-42(8)31(19-34(45)54-42)26(4)35(46)24(2)20-41(7)38(53-40-36(47)32(43(9)10)18-25(3)51-40)27(5)37(28(6)39(48)52-33)49-22-30(23-50-41)44(11)21-29-16-14-13-15-17-29/h13-17,24-28,30-33,36-38,40,47H,12,18-23H2,1-11H3/t24-,25-,26-,27+,28-,30?,31+,32+,33-,36-,37+,38-,40+,41-,42+/m1/s1.